The summed E-state index contributed by atoms with van der Waals surface area (Å²) in [7, 11) is -2.80. The topological polar surface area (TPSA) is 84.6 Å². The normalized spacial score (nSPS) is 18.0. The smallest absolute Gasteiger partial charge is 0.403 e. The summed E-state index contributed by atoms with van der Waals surface area (Å²) < 4.78 is 34.2. The van der Waals surface area contributed by atoms with Crippen molar-refractivity contribution >= 4 is 21.4 Å². The first-order valence-corrected chi connectivity index (χ1v) is 16.4. The first-order chi connectivity index (χ1) is 20.2. The maximum absolute atomic E-state index is 14.5. The summed E-state index contributed by atoms with van der Waals surface area (Å²) in [5, 5.41) is 11.6. The molecule has 6 rings (SSSR count). The van der Waals surface area contributed by atoms with E-state index in [0.717, 1.165) is 63.4 Å². The van der Waals surface area contributed by atoms with E-state index in [1.807, 2.05) is 24.3 Å². The summed E-state index contributed by atoms with van der Waals surface area (Å²) in [6.07, 6.45) is 8.47. The van der Waals surface area contributed by atoms with E-state index in [2.05, 4.69) is 12.1 Å². The first kappa shape index (κ1) is 28.4. The fraction of sp³-hybridized carbons (Fsp3) is 0.343. The van der Waals surface area contributed by atoms with E-state index < -0.39 is 19.5 Å². The van der Waals surface area contributed by atoms with Gasteiger partial charge in [0.25, 0.3) is 5.69 Å². The van der Waals surface area contributed by atoms with Crippen molar-refractivity contribution in [2.24, 2.45) is 0 Å². The second-order valence-electron chi connectivity index (χ2n) is 12.0. The van der Waals surface area contributed by atoms with Gasteiger partial charge in [0.05, 0.1) is 7.05 Å². The van der Waals surface area contributed by atoms with Crippen molar-refractivity contribution in [3.63, 3.8) is 0 Å². The quantitative estimate of drug-likeness (QED) is 0.193. The van der Waals surface area contributed by atoms with Crippen molar-refractivity contribution in [1.29, 1.82) is 0 Å². The molecule has 0 amide bonds. The molecule has 3 aromatic carbocycles. The highest BCUT2D eigenvalue weighted by atomic mass is 32.2. The molecule has 0 bridgehead atoms. The third-order valence-corrected chi connectivity index (χ3v) is 11.5. The van der Waals surface area contributed by atoms with Crippen LogP contribution in [0.25, 0.3) is 0 Å². The summed E-state index contributed by atoms with van der Waals surface area (Å²) in [6, 6.07) is 27.4. The molecule has 42 heavy (non-hydrogen) atoms. The molecule has 1 N–H and O–H groups in total. The summed E-state index contributed by atoms with van der Waals surface area (Å²) in [5.41, 5.74) is 1.07. The Labute approximate surface area is 247 Å². The number of sulfonamides is 1. The number of para-hydroxylation sites is 1. The fourth-order valence-electron chi connectivity index (χ4n) is 6.73. The van der Waals surface area contributed by atoms with Gasteiger partial charge in [-0.1, -0.05) is 73.5 Å². The van der Waals surface area contributed by atoms with E-state index in [9.17, 15) is 18.3 Å². The van der Waals surface area contributed by atoms with Gasteiger partial charge < -0.3 is 9.52 Å². The lowest BCUT2D eigenvalue weighted by atomic mass is 9.78. The predicted octanol–water partition coefficient (Wildman–Crippen LogP) is 7.72. The number of hydrogen-bond acceptors (Lipinski definition) is 5. The van der Waals surface area contributed by atoms with E-state index in [0.29, 0.717) is 17.4 Å². The van der Waals surface area contributed by atoms with Gasteiger partial charge >= 0.3 is 15.6 Å². The number of rotatable bonds is 10. The van der Waals surface area contributed by atoms with Crippen LogP contribution in [0, 0.1) is 0 Å². The van der Waals surface area contributed by atoms with Gasteiger partial charge in [0.1, 0.15) is 10.7 Å². The molecule has 0 aliphatic heterocycles. The molecule has 1 atom stereocenters. The molecule has 2 saturated carbocycles. The van der Waals surface area contributed by atoms with Crippen LogP contribution < -0.4 is 9.51 Å². The molecule has 0 radical (unpaired) electrons. The number of nitrogens with zero attached hydrogens (tertiary/aromatic N) is 1. The minimum atomic E-state index is -4.25. The minimum Gasteiger partial charge on any atom is -0.502 e. The molecular weight excluding hydrogens is 546 g/mol. The number of hydrogen-bond donors (Lipinski definition) is 1. The van der Waals surface area contributed by atoms with Gasteiger partial charge in [-0.2, -0.15) is 8.42 Å². The van der Waals surface area contributed by atoms with Crippen LogP contribution in [0.5, 0.6) is 5.75 Å². The van der Waals surface area contributed by atoms with Gasteiger partial charge in [0.15, 0.2) is 11.4 Å². The van der Waals surface area contributed by atoms with Gasteiger partial charge in [-0.15, -0.1) is 3.89 Å². The largest absolute Gasteiger partial charge is 0.502 e. The molecular formula is C35H38NO5S+. The molecule has 1 unspecified atom stereocenters. The summed E-state index contributed by atoms with van der Waals surface area (Å²) in [6.45, 7) is 0. The van der Waals surface area contributed by atoms with Crippen molar-refractivity contribution in [1.82, 2.24) is 3.89 Å². The maximum Gasteiger partial charge on any atom is 0.403 e. The Kier molecular flexibility index (Phi) is 7.58. The number of aryl methyl sites for hydroxylation is 1. The van der Waals surface area contributed by atoms with E-state index >= 15 is 0 Å². The predicted molar refractivity (Wildman–Crippen MR) is 166 cm³/mol. The monoisotopic (exact) mass is 584 g/mol. The van der Waals surface area contributed by atoms with E-state index in [1.165, 1.54) is 18.7 Å². The Hall–Kier alpha value is -3.68. The molecule has 6 nitrogen and oxygen atoms in total. The molecule has 7 heteroatoms. The third kappa shape index (κ3) is 5.09. The van der Waals surface area contributed by atoms with Crippen LogP contribution >= 0.6 is 0 Å². The lowest BCUT2D eigenvalue weighted by molar-refractivity contribution is 0.289. The van der Waals surface area contributed by atoms with Gasteiger partial charge in [-0.3, -0.25) is 0 Å². The highest BCUT2D eigenvalue weighted by molar-refractivity contribution is 7.91. The van der Waals surface area contributed by atoms with Crippen molar-refractivity contribution < 1.29 is 17.9 Å². The van der Waals surface area contributed by atoms with Gasteiger partial charge in [-0.25, -0.2) is 4.79 Å². The maximum atomic E-state index is 14.5. The van der Waals surface area contributed by atoms with Crippen LogP contribution in [0.2, 0.25) is 0 Å². The second-order valence-corrected chi connectivity index (χ2v) is 14.2. The number of aromatic hydroxyl groups is 1. The van der Waals surface area contributed by atoms with E-state index in [4.69, 9.17) is 4.42 Å². The van der Waals surface area contributed by atoms with Crippen molar-refractivity contribution in [2.75, 3.05) is 7.05 Å². The summed E-state index contributed by atoms with van der Waals surface area (Å²) in [4.78, 5) is 14.0. The average molecular weight is 585 g/mol. The van der Waals surface area contributed by atoms with Crippen molar-refractivity contribution in [2.45, 2.75) is 74.0 Å². The molecule has 1 aromatic heterocycles. The van der Waals surface area contributed by atoms with Crippen molar-refractivity contribution in [3.8, 4) is 5.75 Å². The zero-order valence-corrected chi connectivity index (χ0v) is 24.9. The molecule has 2 aliphatic carbocycles. The number of quaternary nitrogens is 1. The van der Waals surface area contributed by atoms with Gasteiger partial charge in [0.2, 0.25) is 0 Å². The van der Waals surface area contributed by atoms with Crippen molar-refractivity contribution in [3.05, 3.63) is 118 Å². The minimum absolute atomic E-state index is 0.106. The Balaban J connectivity index is 1.42. The summed E-state index contributed by atoms with van der Waals surface area (Å²) in [5.74, 6) is 0.453. The van der Waals surface area contributed by atoms with E-state index in [1.54, 1.807) is 48.5 Å². The molecule has 2 aliphatic rings. The van der Waals surface area contributed by atoms with E-state index in [-0.39, 0.29) is 21.7 Å². The third-order valence-electron chi connectivity index (χ3n) is 9.31. The molecule has 0 spiro atoms. The van der Waals surface area contributed by atoms with Gasteiger partial charge in [0, 0.05) is 23.6 Å². The molecule has 2 fully saturated rings. The molecule has 218 valence electrons. The highest BCUT2D eigenvalue weighted by Crippen LogP contribution is 2.49. The Morgan fingerprint density at radius 1 is 0.905 bits per heavy atom. The standard InChI is InChI=1S/C35H37NO5S/c1-36(29-16-6-3-7-17-29,42(39,40)30-18-10-15-28(24-30)27-19-20-27)33-31(37)25-32(41-34(33)38)35(21-8-9-22-35)23-11-14-26-12-4-2-5-13-26/h2-7,10,12-13,15-18,24-25,27H,8-9,11,14,19-23H2,1H3/p+1. The summed E-state index contributed by atoms with van der Waals surface area (Å²) >= 11 is 0. The zero-order chi connectivity index (χ0) is 29.4. The molecule has 0 saturated heterocycles. The van der Waals surface area contributed by atoms with Gasteiger partial charge in [-0.05, 0) is 74.1 Å². The first-order valence-electron chi connectivity index (χ1n) is 14.9. The number of benzene rings is 3. The Morgan fingerprint density at radius 3 is 2.21 bits per heavy atom. The Bertz CT molecular complexity index is 1720. The van der Waals surface area contributed by atoms with Crippen LogP contribution in [0.3, 0.4) is 0 Å². The fourth-order valence-corrected chi connectivity index (χ4v) is 8.50. The van der Waals surface area contributed by atoms with Crippen LogP contribution in [0.4, 0.5) is 11.4 Å². The zero-order valence-electron chi connectivity index (χ0n) is 24.0. The Morgan fingerprint density at radius 2 is 1.57 bits per heavy atom. The van der Waals surface area contributed by atoms with Crippen LogP contribution in [-0.2, 0) is 21.9 Å². The SMILES string of the molecule is C[N+](c1ccccc1)(c1c(O)cc(C2(CCCc3ccccc3)CCCC2)oc1=O)S(=O)(=O)c1cccc(C2CC2)c1. The molecule has 1 heterocycles. The van der Waals surface area contributed by atoms with Crippen LogP contribution in [0.1, 0.15) is 74.2 Å². The highest BCUT2D eigenvalue weighted by Gasteiger charge is 2.50. The molecule has 4 aromatic rings. The lowest BCUT2D eigenvalue weighted by Crippen LogP contribution is -2.48. The van der Waals surface area contributed by atoms with Crippen LogP contribution in [-0.4, -0.2) is 20.6 Å². The van der Waals surface area contributed by atoms with Crippen LogP contribution in [0.15, 0.2) is 105 Å². The lowest BCUT2D eigenvalue weighted by Gasteiger charge is -2.32. The average Bonchev–Trinajstić information content (AvgIpc) is 3.75. The second kappa shape index (κ2) is 11.2.